The molecule has 0 bridgehead atoms. The molecule has 0 aliphatic carbocycles. The molecule has 2 heterocycles. The van der Waals surface area contributed by atoms with Crippen molar-refractivity contribution in [3.05, 3.63) is 48.5 Å². The monoisotopic (exact) mass is 370 g/mol. The van der Waals surface area contributed by atoms with Crippen molar-refractivity contribution in [2.45, 2.75) is 19.8 Å². The topological polar surface area (TPSA) is 59.0 Å². The lowest BCUT2D eigenvalue weighted by molar-refractivity contribution is 0.0922. The predicted molar refractivity (Wildman–Crippen MR) is 101 cm³/mol. The fourth-order valence-electron chi connectivity index (χ4n) is 2.80. The number of benzene rings is 1. The fourth-order valence-corrected chi connectivity index (χ4v) is 2.80. The van der Waals surface area contributed by atoms with E-state index >= 15 is 0 Å². The Balaban J connectivity index is 0.00000144. The average molecular weight is 371 g/mol. The van der Waals surface area contributed by atoms with Gasteiger partial charge in [0.05, 0.1) is 6.33 Å². The summed E-state index contributed by atoms with van der Waals surface area (Å²) in [5.74, 6) is -0.00283. The van der Waals surface area contributed by atoms with Gasteiger partial charge in [-0.15, -0.1) is 24.8 Å². The minimum Gasteiger partial charge on any atom is -0.351 e. The van der Waals surface area contributed by atoms with Crippen LogP contribution in [0.25, 0.3) is 5.69 Å². The number of aromatic nitrogens is 2. The van der Waals surface area contributed by atoms with Crippen LogP contribution in [-0.4, -0.2) is 35.1 Å². The first-order valence-corrected chi connectivity index (χ1v) is 7.74. The molecular weight excluding hydrogens is 347 g/mol. The van der Waals surface area contributed by atoms with Gasteiger partial charge >= 0.3 is 0 Å². The largest absolute Gasteiger partial charge is 0.351 e. The molecule has 5 nitrogen and oxygen atoms in total. The summed E-state index contributed by atoms with van der Waals surface area (Å²) in [5.41, 5.74) is 1.90. The Hall–Kier alpha value is -1.56. The maximum atomic E-state index is 12.3. The quantitative estimate of drug-likeness (QED) is 0.869. The van der Waals surface area contributed by atoms with E-state index in [1.165, 1.54) is 0 Å². The van der Waals surface area contributed by atoms with Gasteiger partial charge in [-0.1, -0.05) is 6.92 Å². The van der Waals surface area contributed by atoms with Crippen molar-refractivity contribution in [2.75, 3.05) is 19.6 Å². The zero-order valence-electron chi connectivity index (χ0n) is 13.7. The number of nitrogens with zero attached hydrogens (tertiary/aromatic N) is 2. The van der Waals surface area contributed by atoms with Crippen molar-refractivity contribution in [3.8, 4) is 5.69 Å². The predicted octanol–water partition coefficient (Wildman–Crippen LogP) is 2.84. The third-order valence-corrected chi connectivity index (χ3v) is 4.42. The van der Waals surface area contributed by atoms with Crippen molar-refractivity contribution < 1.29 is 4.79 Å². The van der Waals surface area contributed by atoms with Crippen LogP contribution in [0.1, 0.15) is 30.1 Å². The first kappa shape index (κ1) is 20.5. The Morgan fingerprint density at radius 2 is 1.92 bits per heavy atom. The molecule has 3 rings (SSSR count). The number of hydrogen-bond acceptors (Lipinski definition) is 3. The molecule has 0 spiro atoms. The van der Waals surface area contributed by atoms with Crippen molar-refractivity contribution >= 4 is 30.7 Å². The van der Waals surface area contributed by atoms with Crippen LogP contribution in [0.15, 0.2) is 43.0 Å². The second-order valence-electron chi connectivity index (χ2n) is 6.26. The first-order chi connectivity index (χ1) is 10.7. The van der Waals surface area contributed by atoms with Gasteiger partial charge in [0, 0.05) is 30.2 Å². The number of amides is 1. The van der Waals surface area contributed by atoms with E-state index in [1.54, 1.807) is 12.5 Å². The number of imidazole rings is 1. The lowest BCUT2D eigenvalue weighted by atomic mass is 9.81. The summed E-state index contributed by atoms with van der Waals surface area (Å²) in [6.07, 6.45) is 7.57. The van der Waals surface area contributed by atoms with Crippen molar-refractivity contribution in [1.82, 2.24) is 20.2 Å². The molecule has 1 fully saturated rings. The van der Waals surface area contributed by atoms with E-state index < -0.39 is 0 Å². The Morgan fingerprint density at radius 3 is 2.50 bits per heavy atom. The second-order valence-corrected chi connectivity index (χ2v) is 6.26. The molecule has 1 aromatic carbocycles. The molecule has 2 N–H and O–H groups in total. The summed E-state index contributed by atoms with van der Waals surface area (Å²) in [6, 6.07) is 7.58. The molecule has 1 aliphatic heterocycles. The highest BCUT2D eigenvalue weighted by Crippen LogP contribution is 2.26. The average Bonchev–Trinajstić information content (AvgIpc) is 3.08. The highest BCUT2D eigenvalue weighted by atomic mass is 35.5. The molecule has 0 atom stereocenters. The van der Waals surface area contributed by atoms with Crippen LogP contribution < -0.4 is 10.6 Å². The second kappa shape index (κ2) is 9.06. The molecule has 1 saturated heterocycles. The van der Waals surface area contributed by atoms with Crippen LogP contribution in [0, 0.1) is 5.41 Å². The Labute approximate surface area is 155 Å². The summed E-state index contributed by atoms with van der Waals surface area (Å²) in [4.78, 5) is 16.3. The lowest BCUT2D eigenvalue weighted by Crippen LogP contribution is -2.42. The molecule has 7 heteroatoms. The van der Waals surface area contributed by atoms with E-state index in [0.717, 1.165) is 38.2 Å². The Morgan fingerprint density at radius 1 is 1.25 bits per heavy atom. The number of rotatable bonds is 4. The van der Waals surface area contributed by atoms with Crippen LogP contribution >= 0.6 is 24.8 Å². The molecule has 24 heavy (non-hydrogen) atoms. The summed E-state index contributed by atoms with van der Waals surface area (Å²) in [5, 5.41) is 6.44. The van der Waals surface area contributed by atoms with Gasteiger partial charge < -0.3 is 15.2 Å². The molecule has 0 unspecified atom stereocenters. The number of nitrogens with one attached hydrogen (secondary N) is 2. The Kier molecular flexibility index (Phi) is 7.73. The van der Waals surface area contributed by atoms with Crippen molar-refractivity contribution in [2.24, 2.45) is 5.41 Å². The van der Waals surface area contributed by atoms with Gasteiger partial charge in [-0.05, 0) is 55.6 Å². The molecule has 2 aromatic rings. The van der Waals surface area contributed by atoms with Crippen LogP contribution in [0.3, 0.4) is 0 Å². The SMILES string of the molecule is CC1(CNC(=O)c2ccc(-n3ccnc3)cc2)CCNCC1.Cl.Cl. The van der Waals surface area contributed by atoms with E-state index in [-0.39, 0.29) is 36.1 Å². The lowest BCUT2D eigenvalue weighted by Gasteiger charge is -2.34. The van der Waals surface area contributed by atoms with Crippen molar-refractivity contribution in [3.63, 3.8) is 0 Å². The van der Waals surface area contributed by atoms with Gasteiger partial charge in [-0.2, -0.15) is 0 Å². The summed E-state index contributed by atoms with van der Waals surface area (Å²) in [7, 11) is 0. The molecule has 1 amide bonds. The van der Waals surface area contributed by atoms with E-state index in [0.29, 0.717) is 5.56 Å². The summed E-state index contributed by atoms with van der Waals surface area (Å²) in [6.45, 7) is 5.05. The van der Waals surface area contributed by atoms with E-state index in [2.05, 4.69) is 22.5 Å². The van der Waals surface area contributed by atoms with E-state index in [9.17, 15) is 4.79 Å². The molecule has 1 aromatic heterocycles. The maximum absolute atomic E-state index is 12.3. The highest BCUT2D eigenvalue weighted by molar-refractivity contribution is 5.94. The molecular formula is C17H24Cl2N4O. The molecule has 0 radical (unpaired) electrons. The number of piperidine rings is 1. The minimum absolute atomic E-state index is 0. The summed E-state index contributed by atoms with van der Waals surface area (Å²) < 4.78 is 1.91. The van der Waals surface area contributed by atoms with Crippen LogP contribution in [0.4, 0.5) is 0 Å². The third kappa shape index (κ3) is 4.97. The summed E-state index contributed by atoms with van der Waals surface area (Å²) >= 11 is 0. The molecule has 0 saturated carbocycles. The van der Waals surface area contributed by atoms with Gasteiger partial charge in [-0.25, -0.2) is 4.98 Å². The third-order valence-electron chi connectivity index (χ3n) is 4.42. The van der Waals surface area contributed by atoms with Crippen molar-refractivity contribution in [1.29, 1.82) is 0 Å². The molecule has 132 valence electrons. The van der Waals surface area contributed by atoms with Gasteiger partial charge in [0.2, 0.25) is 0 Å². The highest BCUT2D eigenvalue weighted by Gasteiger charge is 2.27. The zero-order valence-corrected chi connectivity index (χ0v) is 15.3. The standard InChI is InChI=1S/C17H22N4O.2ClH/c1-17(6-8-18-9-7-17)12-20-16(22)14-2-4-15(5-3-14)21-11-10-19-13-21;;/h2-5,10-11,13,18H,6-9,12H2,1H3,(H,20,22);2*1H. The number of carbonyl (C=O) groups excluding carboxylic acids is 1. The maximum Gasteiger partial charge on any atom is 0.251 e. The number of carbonyl (C=O) groups is 1. The zero-order chi connectivity index (χ0) is 15.4. The number of hydrogen-bond donors (Lipinski definition) is 2. The van der Waals surface area contributed by atoms with Crippen LogP contribution in [-0.2, 0) is 0 Å². The van der Waals surface area contributed by atoms with E-state index in [1.807, 2.05) is 35.0 Å². The van der Waals surface area contributed by atoms with Crippen LogP contribution in [0.2, 0.25) is 0 Å². The molecule has 1 aliphatic rings. The van der Waals surface area contributed by atoms with Gasteiger partial charge in [0.15, 0.2) is 0 Å². The van der Waals surface area contributed by atoms with Crippen LogP contribution in [0.5, 0.6) is 0 Å². The normalized spacial score (nSPS) is 15.7. The van der Waals surface area contributed by atoms with Gasteiger partial charge in [0.1, 0.15) is 0 Å². The number of halogens is 2. The van der Waals surface area contributed by atoms with Gasteiger partial charge in [0.25, 0.3) is 5.91 Å². The smallest absolute Gasteiger partial charge is 0.251 e. The fraction of sp³-hybridized carbons (Fsp3) is 0.412. The Bertz CT molecular complexity index is 623. The minimum atomic E-state index is -0.00283. The van der Waals surface area contributed by atoms with E-state index in [4.69, 9.17) is 0 Å². The van der Waals surface area contributed by atoms with Gasteiger partial charge in [-0.3, -0.25) is 4.79 Å². The first-order valence-electron chi connectivity index (χ1n) is 7.74.